The number of aromatic nitrogens is 1. The second kappa shape index (κ2) is 5.86. The fraction of sp³-hybridized carbons (Fsp3) is 0.231. The zero-order valence-corrected chi connectivity index (χ0v) is 10.1. The number of anilines is 2. The van der Waals surface area contributed by atoms with Crippen molar-refractivity contribution in [2.75, 3.05) is 11.9 Å². The topological polar surface area (TPSA) is 64.4 Å². The molecule has 1 heterocycles. The minimum absolute atomic E-state index is 0.315. The molecule has 0 aliphatic carbocycles. The molecule has 0 saturated carbocycles. The molecule has 0 saturated heterocycles. The lowest BCUT2D eigenvalue weighted by atomic mass is 10.2. The van der Waals surface area contributed by atoms with Gasteiger partial charge in [-0.2, -0.15) is 0 Å². The number of carbonyl (C=O) groups is 1. The zero-order valence-electron chi connectivity index (χ0n) is 10.1. The molecule has 0 radical (unpaired) electrons. The largest absolute Gasteiger partial charge is 0.468 e. The van der Waals surface area contributed by atoms with E-state index in [2.05, 4.69) is 15.2 Å². The van der Waals surface area contributed by atoms with Gasteiger partial charge in [0, 0.05) is 17.7 Å². The molecule has 94 valence electrons. The first-order chi connectivity index (χ1) is 8.81. The maximum absolute atomic E-state index is 10.1. The quantitative estimate of drug-likeness (QED) is 0.626. The summed E-state index contributed by atoms with van der Waals surface area (Å²) in [6.07, 6.45) is 0.573. The van der Waals surface area contributed by atoms with E-state index >= 15 is 0 Å². The summed E-state index contributed by atoms with van der Waals surface area (Å²) in [5, 5.41) is 7.06. The van der Waals surface area contributed by atoms with Gasteiger partial charge in [0.05, 0.1) is 12.3 Å². The Balaban J connectivity index is 2.10. The molecule has 0 unspecified atom stereocenters. The Morgan fingerprint density at radius 2 is 2.17 bits per heavy atom. The molecule has 1 aromatic carbocycles. The van der Waals surface area contributed by atoms with E-state index < -0.39 is 0 Å². The van der Waals surface area contributed by atoms with Crippen LogP contribution in [0.4, 0.5) is 11.6 Å². The van der Waals surface area contributed by atoms with Crippen LogP contribution >= 0.6 is 0 Å². The van der Waals surface area contributed by atoms with E-state index in [1.54, 1.807) is 0 Å². The summed E-state index contributed by atoms with van der Waals surface area (Å²) in [4.78, 5) is 10.1. The van der Waals surface area contributed by atoms with Gasteiger partial charge in [-0.05, 0) is 19.1 Å². The van der Waals surface area contributed by atoms with Gasteiger partial charge in [0.15, 0.2) is 0 Å². The second-order valence-corrected chi connectivity index (χ2v) is 3.78. The second-order valence-electron chi connectivity index (χ2n) is 3.78. The zero-order chi connectivity index (χ0) is 12.8. The average Bonchev–Trinajstić information content (AvgIpc) is 2.73. The molecule has 0 aliphatic rings. The molecule has 2 rings (SSSR count). The summed E-state index contributed by atoms with van der Waals surface area (Å²) >= 11 is 0. The van der Waals surface area contributed by atoms with E-state index in [4.69, 9.17) is 4.52 Å². The highest BCUT2D eigenvalue weighted by molar-refractivity contribution is 5.58. The molecule has 1 aromatic heterocycles. The van der Waals surface area contributed by atoms with Gasteiger partial charge >= 0.3 is 0 Å². The maximum atomic E-state index is 10.1. The molecular weight excluding hydrogens is 232 g/mol. The van der Waals surface area contributed by atoms with E-state index in [0.29, 0.717) is 25.4 Å². The lowest BCUT2D eigenvalue weighted by Gasteiger charge is -2.04. The number of benzene rings is 1. The SMILES string of the molecule is Cc1noc(Nc2ccccc2)c1CCOC=O. The number of para-hydroxylation sites is 1. The third kappa shape index (κ3) is 2.88. The lowest BCUT2D eigenvalue weighted by molar-refractivity contribution is -0.128. The molecule has 0 bridgehead atoms. The molecule has 0 spiro atoms. The third-order valence-corrected chi connectivity index (χ3v) is 2.55. The lowest BCUT2D eigenvalue weighted by Crippen LogP contribution is -2.00. The number of hydrogen-bond donors (Lipinski definition) is 1. The molecule has 5 heteroatoms. The van der Waals surface area contributed by atoms with Crippen LogP contribution in [0.1, 0.15) is 11.3 Å². The average molecular weight is 246 g/mol. The van der Waals surface area contributed by atoms with Gasteiger partial charge in [-0.15, -0.1) is 0 Å². The van der Waals surface area contributed by atoms with Crippen LogP contribution in [-0.4, -0.2) is 18.2 Å². The first kappa shape index (κ1) is 12.2. The van der Waals surface area contributed by atoms with E-state index in [0.717, 1.165) is 16.9 Å². The van der Waals surface area contributed by atoms with Gasteiger partial charge in [0.2, 0.25) is 5.88 Å². The van der Waals surface area contributed by atoms with Crippen molar-refractivity contribution >= 4 is 18.0 Å². The first-order valence-corrected chi connectivity index (χ1v) is 5.63. The molecule has 1 N–H and O–H groups in total. The molecule has 5 nitrogen and oxygen atoms in total. The monoisotopic (exact) mass is 246 g/mol. The summed E-state index contributed by atoms with van der Waals surface area (Å²) in [6.45, 7) is 2.61. The van der Waals surface area contributed by atoms with Crippen molar-refractivity contribution in [2.24, 2.45) is 0 Å². The van der Waals surface area contributed by atoms with Crippen LogP contribution < -0.4 is 5.32 Å². The molecule has 0 aliphatic heterocycles. The first-order valence-electron chi connectivity index (χ1n) is 5.63. The summed E-state index contributed by atoms with van der Waals surface area (Å²) in [5.41, 5.74) is 2.63. The highest BCUT2D eigenvalue weighted by Gasteiger charge is 2.12. The van der Waals surface area contributed by atoms with Gasteiger partial charge in [0.1, 0.15) is 0 Å². The van der Waals surface area contributed by atoms with Crippen molar-refractivity contribution < 1.29 is 14.1 Å². The van der Waals surface area contributed by atoms with Crippen molar-refractivity contribution in [1.82, 2.24) is 5.16 Å². The molecule has 0 atom stereocenters. The highest BCUT2D eigenvalue weighted by atomic mass is 16.5. The molecule has 2 aromatic rings. The summed E-state index contributed by atoms with van der Waals surface area (Å²) < 4.78 is 9.91. The predicted octanol–water partition coefficient (Wildman–Crippen LogP) is 2.44. The maximum Gasteiger partial charge on any atom is 0.293 e. The van der Waals surface area contributed by atoms with Crippen molar-refractivity contribution in [3.8, 4) is 0 Å². The van der Waals surface area contributed by atoms with Crippen LogP contribution in [0.5, 0.6) is 0 Å². The van der Waals surface area contributed by atoms with Gasteiger partial charge in [0.25, 0.3) is 6.47 Å². The Morgan fingerprint density at radius 1 is 1.39 bits per heavy atom. The van der Waals surface area contributed by atoms with Crippen LogP contribution in [0.25, 0.3) is 0 Å². The van der Waals surface area contributed by atoms with Crippen molar-refractivity contribution in [1.29, 1.82) is 0 Å². The van der Waals surface area contributed by atoms with Crippen LogP contribution in [0.3, 0.4) is 0 Å². The molecule has 0 amide bonds. The van der Waals surface area contributed by atoms with Crippen LogP contribution in [0.2, 0.25) is 0 Å². The Bertz CT molecular complexity index is 508. The number of nitrogens with zero attached hydrogens (tertiary/aromatic N) is 1. The highest BCUT2D eigenvalue weighted by Crippen LogP contribution is 2.23. The molecule has 0 fully saturated rings. The molecule has 18 heavy (non-hydrogen) atoms. The standard InChI is InChI=1S/C13H14N2O3/c1-10-12(7-8-17-9-16)13(18-15-10)14-11-5-3-2-4-6-11/h2-6,9,14H,7-8H2,1H3. The van der Waals surface area contributed by atoms with E-state index in [1.807, 2.05) is 37.3 Å². The number of ether oxygens (including phenoxy) is 1. The van der Waals surface area contributed by atoms with E-state index in [1.165, 1.54) is 0 Å². The number of aryl methyl sites for hydroxylation is 1. The van der Waals surface area contributed by atoms with Gasteiger partial charge in [-0.3, -0.25) is 4.79 Å². The number of carbonyl (C=O) groups excluding carboxylic acids is 1. The Morgan fingerprint density at radius 3 is 2.89 bits per heavy atom. The van der Waals surface area contributed by atoms with Crippen molar-refractivity contribution in [3.05, 3.63) is 41.6 Å². The van der Waals surface area contributed by atoms with Gasteiger partial charge < -0.3 is 14.6 Å². The predicted molar refractivity (Wildman–Crippen MR) is 66.7 cm³/mol. The Kier molecular flexibility index (Phi) is 3.96. The number of nitrogens with one attached hydrogen (secondary N) is 1. The van der Waals surface area contributed by atoms with E-state index in [-0.39, 0.29) is 0 Å². The summed E-state index contributed by atoms with van der Waals surface area (Å²) in [5.74, 6) is 0.591. The fourth-order valence-electron chi connectivity index (χ4n) is 1.64. The van der Waals surface area contributed by atoms with Gasteiger partial charge in [-0.25, -0.2) is 0 Å². The summed E-state index contributed by atoms with van der Waals surface area (Å²) in [7, 11) is 0. The molecular formula is C13H14N2O3. The van der Waals surface area contributed by atoms with Crippen molar-refractivity contribution in [3.63, 3.8) is 0 Å². The smallest absolute Gasteiger partial charge is 0.293 e. The van der Waals surface area contributed by atoms with Gasteiger partial charge in [-0.1, -0.05) is 23.4 Å². The van der Waals surface area contributed by atoms with Crippen LogP contribution in [-0.2, 0) is 16.0 Å². The normalized spacial score (nSPS) is 10.1. The number of hydrogen-bond acceptors (Lipinski definition) is 5. The van der Waals surface area contributed by atoms with Crippen LogP contribution in [0, 0.1) is 6.92 Å². The third-order valence-electron chi connectivity index (χ3n) is 2.55. The minimum atomic E-state index is 0.315. The Labute approximate surface area is 105 Å². The summed E-state index contributed by atoms with van der Waals surface area (Å²) in [6, 6.07) is 9.67. The van der Waals surface area contributed by atoms with E-state index in [9.17, 15) is 4.79 Å². The van der Waals surface area contributed by atoms with Crippen molar-refractivity contribution in [2.45, 2.75) is 13.3 Å². The fourth-order valence-corrected chi connectivity index (χ4v) is 1.64. The minimum Gasteiger partial charge on any atom is -0.468 e. The Hall–Kier alpha value is -2.30. The number of rotatable bonds is 6. The van der Waals surface area contributed by atoms with Crippen LogP contribution in [0.15, 0.2) is 34.9 Å².